The minimum atomic E-state index is -0.434. The fourth-order valence-electron chi connectivity index (χ4n) is 2.94. The monoisotopic (exact) mass is 543 g/mol. The number of non-ortho nitro benzene ring substituents is 1. The molecule has 0 N–H and O–H groups in total. The Bertz CT molecular complexity index is 1140. The van der Waals surface area contributed by atoms with Crippen molar-refractivity contribution in [2.45, 2.75) is 20.5 Å². The summed E-state index contributed by atoms with van der Waals surface area (Å²) < 4.78 is 12.6. The van der Waals surface area contributed by atoms with Crippen LogP contribution in [0, 0.1) is 20.6 Å². The number of aryl methyl sites for hydroxylation is 1. The third kappa shape index (κ3) is 6.16. The van der Waals surface area contributed by atoms with Crippen molar-refractivity contribution in [1.29, 1.82) is 0 Å². The first-order valence-corrected chi connectivity index (χ1v) is 11.1. The second-order valence-corrected chi connectivity index (χ2v) is 8.20. The molecule has 0 heterocycles. The predicted molar refractivity (Wildman–Crippen MR) is 132 cm³/mol. The molecule has 3 aromatic rings. The number of nitro groups is 1. The van der Waals surface area contributed by atoms with Crippen LogP contribution in [0.2, 0.25) is 0 Å². The lowest BCUT2D eigenvalue weighted by molar-refractivity contribution is -0.384. The van der Waals surface area contributed by atoms with Crippen LogP contribution in [0.25, 0.3) is 6.08 Å². The van der Waals surface area contributed by atoms with Gasteiger partial charge in [-0.25, -0.2) is 0 Å². The molecule has 0 bridgehead atoms. The van der Waals surface area contributed by atoms with Crippen molar-refractivity contribution < 1.29 is 19.2 Å². The summed E-state index contributed by atoms with van der Waals surface area (Å²) in [6, 6.07) is 17.4. The molecule has 32 heavy (non-hydrogen) atoms. The largest absolute Gasteiger partial charge is 0.490 e. The van der Waals surface area contributed by atoms with Crippen LogP contribution in [0.3, 0.4) is 0 Å². The van der Waals surface area contributed by atoms with E-state index in [9.17, 15) is 14.9 Å². The number of hydrogen-bond acceptors (Lipinski definition) is 5. The van der Waals surface area contributed by atoms with Gasteiger partial charge < -0.3 is 9.47 Å². The van der Waals surface area contributed by atoms with E-state index < -0.39 is 4.92 Å². The van der Waals surface area contributed by atoms with Gasteiger partial charge in [0.1, 0.15) is 6.61 Å². The smallest absolute Gasteiger partial charge is 0.269 e. The van der Waals surface area contributed by atoms with E-state index in [1.807, 2.05) is 50.2 Å². The number of ketones is 1. The molecule has 0 aliphatic carbocycles. The van der Waals surface area contributed by atoms with Gasteiger partial charge in [0.05, 0.1) is 15.1 Å². The van der Waals surface area contributed by atoms with E-state index in [2.05, 4.69) is 22.6 Å². The van der Waals surface area contributed by atoms with E-state index in [4.69, 9.17) is 9.47 Å². The van der Waals surface area contributed by atoms with Crippen LogP contribution in [0.4, 0.5) is 5.69 Å². The molecule has 7 heteroatoms. The molecule has 6 nitrogen and oxygen atoms in total. The molecule has 0 aromatic heterocycles. The number of nitro benzene ring substituents is 1. The Morgan fingerprint density at radius 1 is 1.06 bits per heavy atom. The molecule has 0 aliphatic heterocycles. The van der Waals surface area contributed by atoms with Crippen molar-refractivity contribution >= 4 is 40.1 Å². The number of carbonyl (C=O) groups excluding carboxylic acids is 1. The molecule has 0 amide bonds. The maximum Gasteiger partial charge on any atom is 0.269 e. The van der Waals surface area contributed by atoms with Crippen molar-refractivity contribution in [3.8, 4) is 11.5 Å². The standard InChI is InChI=1S/C25H22INO5/c1-3-31-24-15-19(8-13-23(28)20-9-4-17(2)5-10-20)14-22(26)25(24)32-16-18-6-11-21(12-7-18)27(29)30/h4-15H,3,16H2,1-2H3/b13-8+. The van der Waals surface area contributed by atoms with E-state index in [0.717, 1.165) is 20.3 Å². The van der Waals surface area contributed by atoms with Crippen LogP contribution >= 0.6 is 22.6 Å². The molecule has 0 saturated carbocycles. The third-order valence-electron chi connectivity index (χ3n) is 4.63. The van der Waals surface area contributed by atoms with Gasteiger partial charge in [-0.1, -0.05) is 35.9 Å². The zero-order valence-corrected chi connectivity index (χ0v) is 19.9. The van der Waals surface area contributed by atoms with Gasteiger partial charge in [0.15, 0.2) is 17.3 Å². The number of carbonyl (C=O) groups is 1. The number of halogens is 1. The number of nitrogens with zero attached hydrogens (tertiary/aromatic N) is 1. The maximum absolute atomic E-state index is 12.4. The highest BCUT2D eigenvalue weighted by Gasteiger charge is 2.13. The van der Waals surface area contributed by atoms with Crippen molar-refractivity contribution in [1.82, 2.24) is 0 Å². The average Bonchev–Trinajstić information content (AvgIpc) is 2.78. The molecule has 0 saturated heterocycles. The minimum Gasteiger partial charge on any atom is -0.490 e. The zero-order chi connectivity index (χ0) is 23.1. The Kier molecular flexibility index (Phi) is 7.99. The van der Waals surface area contributed by atoms with Gasteiger partial charge in [-0.2, -0.15) is 0 Å². The first kappa shape index (κ1) is 23.5. The fraction of sp³-hybridized carbons (Fsp3) is 0.160. The SMILES string of the molecule is CCOc1cc(/C=C/C(=O)c2ccc(C)cc2)cc(I)c1OCc1ccc([N+](=O)[O-])cc1. The Labute approximate surface area is 200 Å². The van der Waals surface area contributed by atoms with Crippen LogP contribution < -0.4 is 9.47 Å². The van der Waals surface area contributed by atoms with Crippen LogP contribution in [0.15, 0.2) is 66.7 Å². The predicted octanol–water partition coefficient (Wildman–Crippen LogP) is 6.38. The van der Waals surface area contributed by atoms with E-state index >= 15 is 0 Å². The highest BCUT2D eigenvalue weighted by atomic mass is 127. The summed E-state index contributed by atoms with van der Waals surface area (Å²) in [5.41, 5.74) is 3.40. The molecule has 0 spiro atoms. The number of allylic oxidation sites excluding steroid dienone is 1. The lowest BCUT2D eigenvalue weighted by atomic mass is 10.1. The number of hydrogen-bond donors (Lipinski definition) is 0. The lowest BCUT2D eigenvalue weighted by Gasteiger charge is -2.15. The van der Waals surface area contributed by atoms with Crippen molar-refractivity contribution in [2.24, 2.45) is 0 Å². The van der Waals surface area contributed by atoms with Gasteiger partial charge in [-0.3, -0.25) is 14.9 Å². The zero-order valence-electron chi connectivity index (χ0n) is 17.7. The first-order chi connectivity index (χ1) is 15.4. The summed E-state index contributed by atoms with van der Waals surface area (Å²) in [6.07, 6.45) is 3.30. The van der Waals surface area contributed by atoms with E-state index in [0.29, 0.717) is 23.7 Å². The van der Waals surface area contributed by atoms with Crippen LogP contribution in [-0.2, 0) is 6.61 Å². The molecule has 3 rings (SSSR count). The quantitative estimate of drug-likeness (QED) is 0.103. The van der Waals surface area contributed by atoms with Crippen molar-refractivity contribution in [3.63, 3.8) is 0 Å². The van der Waals surface area contributed by atoms with Gasteiger partial charge in [0.25, 0.3) is 5.69 Å². The fourth-order valence-corrected chi connectivity index (χ4v) is 3.72. The second-order valence-electron chi connectivity index (χ2n) is 7.04. The van der Waals surface area contributed by atoms with Gasteiger partial charge in [0.2, 0.25) is 0 Å². The number of rotatable bonds is 9. The summed E-state index contributed by atoms with van der Waals surface area (Å²) in [7, 11) is 0. The summed E-state index contributed by atoms with van der Waals surface area (Å²) in [5, 5.41) is 10.8. The highest BCUT2D eigenvalue weighted by Crippen LogP contribution is 2.35. The summed E-state index contributed by atoms with van der Waals surface area (Å²) in [5.74, 6) is 1.09. The molecule has 3 aromatic carbocycles. The Morgan fingerprint density at radius 3 is 2.38 bits per heavy atom. The normalized spacial score (nSPS) is 10.8. The summed E-state index contributed by atoms with van der Waals surface area (Å²) >= 11 is 2.17. The molecule has 0 fully saturated rings. The minimum absolute atomic E-state index is 0.0367. The molecule has 0 atom stereocenters. The second kappa shape index (κ2) is 10.9. The topological polar surface area (TPSA) is 78.7 Å². The third-order valence-corrected chi connectivity index (χ3v) is 5.43. The van der Waals surface area contributed by atoms with Crippen molar-refractivity contribution in [3.05, 3.63) is 103 Å². The molecule has 164 valence electrons. The van der Waals surface area contributed by atoms with Gasteiger partial charge in [-0.15, -0.1) is 0 Å². The van der Waals surface area contributed by atoms with Crippen molar-refractivity contribution in [2.75, 3.05) is 6.61 Å². The van der Waals surface area contributed by atoms with Crippen LogP contribution in [0.5, 0.6) is 11.5 Å². The maximum atomic E-state index is 12.4. The summed E-state index contributed by atoms with van der Waals surface area (Å²) in [4.78, 5) is 22.8. The molecular weight excluding hydrogens is 521 g/mol. The highest BCUT2D eigenvalue weighted by molar-refractivity contribution is 14.1. The van der Waals surface area contributed by atoms with Gasteiger partial charge >= 0.3 is 0 Å². The van der Waals surface area contributed by atoms with E-state index in [1.54, 1.807) is 24.3 Å². The van der Waals surface area contributed by atoms with Crippen LogP contribution in [0.1, 0.15) is 34.0 Å². The first-order valence-electron chi connectivity index (χ1n) is 9.99. The van der Waals surface area contributed by atoms with Gasteiger partial charge in [0, 0.05) is 17.7 Å². The van der Waals surface area contributed by atoms with Gasteiger partial charge in [-0.05, 0) is 77.9 Å². The van der Waals surface area contributed by atoms with E-state index in [1.165, 1.54) is 12.1 Å². The molecule has 0 radical (unpaired) electrons. The Hall–Kier alpha value is -3.20. The molecular formula is C25H22INO5. The summed E-state index contributed by atoms with van der Waals surface area (Å²) in [6.45, 7) is 4.57. The van der Waals surface area contributed by atoms with E-state index in [-0.39, 0.29) is 18.1 Å². The average molecular weight is 543 g/mol. The molecule has 0 aliphatic rings. The molecule has 0 unspecified atom stereocenters. The number of benzene rings is 3. The Balaban J connectivity index is 1.77. The number of ether oxygens (including phenoxy) is 2. The van der Waals surface area contributed by atoms with Crippen LogP contribution in [-0.4, -0.2) is 17.3 Å². The lowest BCUT2D eigenvalue weighted by Crippen LogP contribution is -2.02. The Morgan fingerprint density at radius 2 is 1.75 bits per heavy atom.